The standard InChI is InChI=1S/C15H20N6O6/c16-9(3-4-12(22)23)13-20-11(27-21-13)7-18-15(26)19-10(14(24)25)6-8-2-1-5-17-8/h1-2,5,9-10,17H,3-4,6-7,16H2,(H,22,23)(H,24,25)(H2,18,19,26)/t9-,10-/m0/s1. The molecule has 0 aliphatic heterocycles. The number of rotatable bonds is 10. The van der Waals surface area contributed by atoms with Crippen molar-refractivity contribution in [2.45, 2.75) is 37.9 Å². The fraction of sp³-hybridized carbons (Fsp3) is 0.400. The van der Waals surface area contributed by atoms with E-state index >= 15 is 0 Å². The van der Waals surface area contributed by atoms with Crippen LogP contribution in [-0.2, 0) is 22.6 Å². The van der Waals surface area contributed by atoms with Gasteiger partial charge in [0.25, 0.3) is 0 Å². The fourth-order valence-corrected chi connectivity index (χ4v) is 2.18. The predicted octanol–water partition coefficient (Wildman–Crippen LogP) is -0.243. The number of carbonyl (C=O) groups is 3. The largest absolute Gasteiger partial charge is 0.481 e. The lowest BCUT2D eigenvalue weighted by Crippen LogP contribution is -2.47. The maximum atomic E-state index is 11.9. The van der Waals surface area contributed by atoms with Gasteiger partial charge in [0, 0.05) is 24.7 Å². The van der Waals surface area contributed by atoms with Gasteiger partial charge in [-0.05, 0) is 18.6 Å². The second kappa shape index (κ2) is 9.33. The molecule has 0 saturated heterocycles. The van der Waals surface area contributed by atoms with Crippen LogP contribution in [0.2, 0.25) is 0 Å². The summed E-state index contributed by atoms with van der Waals surface area (Å²) in [5.41, 5.74) is 6.43. The number of urea groups is 1. The Bertz CT molecular complexity index is 774. The molecular formula is C15H20N6O6. The molecule has 12 nitrogen and oxygen atoms in total. The minimum absolute atomic E-state index is 0.0576. The first-order valence-electron chi connectivity index (χ1n) is 8.04. The lowest BCUT2D eigenvalue weighted by molar-refractivity contribution is -0.139. The van der Waals surface area contributed by atoms with Crippen molar-refractivity contribution in [1.29, 1.82) is 0 Å². The zero-order valence-corrected chi connectivity index (χ0v) is 14.2. The number of nitrogens with two attached hydrogens (primary N) is 1. The number of carboxylic acid groups (broad SMARTS) is 2. The van der Waals surface area contributed by atoms with Crippen molar-refractivity contribution in [3.8, 4) is 0 Å². The van der Waals surface area contributed by atoms with Crippen LogP contribution in [0.5, 0.6) is 0 Å². The lowest BCUT2D eigenvalue weighted by Gasteiger charge is -2.14. The topological polar surface area (TPSA) is 196 Å². The second-order valence-electron chi connectivity index (χ2n) is 5.70. The maximum absolute atomic E-state index is 11.9. The Morgan fingerprint density at radius 3 is 2.74 bits per heavy atom. The Kier molecular flexibility index (Phi) is 6.88. The molecule has 2 heterocycles. The van der Waals surface area contributed by atoms with Gasteiger partial charge in [-0.3, -0.25) is 4.79 Å². The molecule has 0 aliphatic rings. The minimum atomic E-state index is -1.18. The van der Waals surface area contributed by atoms with E-state index in [1.165, 1.54) is 0 Å². The van der Waals surface area contributed by atoms with Crippen molar-refractivity contribution < 1.29 is 29.1 Å². The number of carbonyl (C=O) groups excluding carboxylic acids is 1. The first-order valence-corrected chi connectivity index (χ1v) is 8.04. The average molecular weight is 380 g/mol. The molecule has 27 heavy (non-hydrogen) atoms. The maximum Gasteiger partial charge on any atom is 0.326 e. The summed E-state index contributed by atoms with van der Waals surface area (Å²) in [6, 6.07) is 0.894. The highest BCUT2D eigenvalue weighted by atomic mass is 16.5. The molecule has 2 rings (SSSR count). The van der Waals surface area contributed by atoms with E-state index in [1.807, 2.05) is 0 Å². The average Bonchev–Trinajstić information content (AvgIpc) is 3.29. The minimum Gasteiger partial charge on any atom is -0.481 e. The third-order valence-electron chi connectivity index (χ3n) is 3.57. The van der Waals surface area contributed by atoms with E-state index in [0.29, 0.717) is 5.69 Å². The molecule has 2 atom stereocenters. The number of hydrogen-bond acceptors (Lipinski definition) is 7. The zero-order chi connectivity index (χ0) is 19.8. The molecule has 0 radical (unpaired) electrons. The van der Waals surface area contributed by atoms with Gasteiger partial charge in [0.1, 0.15) is 6.04 Å². The van der Waals surface area contributed by atoms with Crippen molar-refractivity contribution in [1.82, 2.24) is 25.8 Å². The van der Waals surface area contributed by atoms with Crippen LogP contribution in [0.4, 0.5) is 4.79 Å². The van der Waals surface area contributed by atoms with Gasteiger partial charge in [-0.15, -0.1) is 0 Å². The molecule has 0 saturated carbocycles. The van der Waals surface area contributed by atoms with E-state index in [0.717, 1.165) is 0 Å². The van der Waals surface area contributed by atoms with Gasteiger partial charge in [0.2, 0.25) is 5.89 Å². The smallest absolute Gasteiger partial charge is 0.326 e. The summed E-state index contributed by atoms with van der Waals surface area (Å²) < 4.78 is 4.93. The third-order valence-corrected chi connectivity index (χ3v) is 3.57. The number of nitrogens with one attached hydrogen (secondary N) is 3. The number of aromatic amines is 1. The van der Waals surface area contributed by atoms with Gasteiger partial charge < -0.3 is 36.1 Å². The first kappa shape index (κ1) is 19.9. The Balaban J connectivity index is 1.82. The van der Waals surface area contributed by atoms with Crippen molar-refractivity contribution >= 4 is 18.0 Å². The molecule has 0 unspecified atom stereocenters. The summed E-state index contributed by atoms with van der Waals surface area (Å²) >= 11 is 0. The predicted molar refractivity (Wildman–Crippen MR) is 89.4 cm³/mol. The van der Waals surface area contributed by atoms with E-state index in [-0.39, 0.29) is 37.5 Å². The molecule has 146 valence electrons. The van der Waals surface area contributed by atoms with Gasteiger partial charge in [0.05, 0.1) is 12.6 Å². The number of aromatic nitrogens is 3. The van der Waals surface area contributed by atoms with Crippen LogP contribution in [0, 0.1) is 0 Å². The SMILES string of the molecule is N[C@@H](CCC(=O)O)c1noc(CNC(=O)N[C@@H](Cc2ccc[nH]2)C(=O)O)n1. The molecule has 0 fully saturated rings. The van der Waals surface area contributed by atoms with E-state index < -0.39 is 30.1 Å². The zero-order valence-electron chi connectivity index (χ0n) is 14.2. The summed E-state index contributed by atoms with van der Waals surface area (Å²) in [4.78, 5) is 40.6. The van der Waals surface area contributed by atoms with Crippen LogP contribution in [-0.4, -0.2) is 49.3 Å². The molecule has 0 aromatic carbocycles. The number of amides is 2. The number of aliphatic carboxylic acids is 2. The summed E-state index contributed by atoms with van der Waals surface area (Å²) in [6.45, 7) is -0.140. The van der Waals surface area contributed by atoms with Crippen LogP contribution < -0.4 is 16.4 Å². The highest BCUT2D eigenvalue weighted by Gasteiger charge is 2.21. The fourth-order valence-electron chi connectivity index (χ4n) is 2.18. The van der Waals surface area contributed by atoms with Crippen molar-refractivity contribution in [3.05, 3.63) is 35.7 Å². The van der Waals surface area contributed by atoms with Crippen LogP contribution in [0.15, 0.2) is 22.9 Å². The van der Waals surface area contributed by atoms with Gasteiger partial charge in [-0.2, -0.15) is 4.98 Å². The van der Waals surface area contributed by atoms with E-state index in [1.54, 1.807) is 18.3 Å². The molecule has 0 bridgehead atoms. The molecule has 2 amide bonds. The normalized spacial score (nSPS) is 12.9. The first-order chi connectivity index (χ1) is 12.8. The molecular weight excluding hydrogens is 360 g/mol. The summed E-state index contributed by atoms with van der Waals surface area (Å²) in [5.74, 6) is -1.98. The van der Waals surface area contributed by atoms with Gasteiger partial charge >= 0.3 is 18.0 Å². The molecule has 7 N–H and O–H groups in total. The van der Waals surface area contributed by atoms with Crippen molar-refractivity contribution in [3.63, 3.8) is 0 Å². The van der Waals surface area contributed by atoms with Gasteiger partial charge in [-0.25, -0.2) is 9.59 Å². The molecule has 0 aliphatic carbocycles. The monoisotopic (exact) mass is 380 g/mol. The number of carboxylic acids is 2. The highest BCUT2D eigenvalue weighted by molar-refractivity contribution is 5.82. The number of H-pyrrole nitrogens is 1. The third kappa shape index (κ3) is 6.43. The summed E-state index contributed by atoms with van der Waals surface area (Å²) in [6.07, 6.45) is 1.76. The molecule has 0 spiro atoms. The summed E-state index contributed by atoms with van der Waals surface area (Å²) in [7, 11) is 0. The lowest BCUT2D eigenvalue weighted by atomic mass is 10.1. The van der Waals surface area contributed by atoms with Crippen molar-refractivity contribution in [2.75, 3.05) is 0 Å². The molecule has 12 heteroatoms. The van der Waals surface area contributed by atoms with Crippen molar-refractivity contribution in [2.24, 2.45) is 5.73 Å². The second-order valence-corrected chi connectivity index (χ2v) is 5.70. The number of nitrogens with zero attached hydrogens (tertiary/aromatic N) is 2. The highest BCUT2D eigenvalue weighted by Crippen LogP contribution is 2.12. The number of hydrogen-bond donors (Lipinski definition) is 6. The summed E-state index contributed by atoms with van der Waals surface area (Å²) in [5, 5.41) is 26.2. The molecule has 2 aromatic heterocycles. The Morgan fingerprint density at radius 1 is 1.33 bits per heavy atom. The van der Waals surface area contributed by atoms with Crippen LogP contribution in [0.3, 0.4) is 0 Å². The Hall–Kier alpha value is -3.41. The van der Waals surface area contributed by atoms with E-state index in [9.17, 15) is 19.5 Å². The Morgan fingerprint density at radius 2 is 2.11 bits per heavy atom. The van der Waals surface area contributed by atoms with E-state index in [2.05, 4.69) is 25.8 Å². The van der Waals surface area contributed by atoms with Gasteiger partial charge in [-0.1, -0.05) is 5.16 Å². The van der Waals surface area contributed by atoms with Crippen LogP contribution >= 0.6 is 0 Å². The van der Waals surface area contributed by atoms with Crippen LogP contribution in [0.25, 0.3) is 0 Å². The molecule has 2 aromatic rings. The van der Waals surface area contributed by atoms with E-state index in [4.69, 9.17) is 15.4 Å². The Labute approximate surface area is 153 Å². The van der Waals surface area contributed by atoms with Gasteiger partial charge in [0.15, 0.2) is 5.82 Å². The quantitative estimate of drug-likeness (QED) is 0.322. The van der Waals surface area contributed by atoms with Crippen LogP contribution in [0.1, 0.15) is 36.3 Å².